The van der Waals surface area contributed by atoms with Crippen molar-refractivity contribution in [2.45, 2.75) is 63.3 Å². The largest absolute Gasteiger partial charge is 0.479 e. The Morgan fingerprint density at radius 2 is 2.05 bits per heavy atom. The number of nitrogens with zero attached hydrogens (tertiary/aromatic N) is 1. The number of aliphatic hydroxyl groups excluding tert-OH is 1. The third-order valence-electron chi connectivity index (χ3n) is 9.72. The van der Waals surface area contributed by atoms with Crippen LogP contribution < -0.4 is 10.4 Å². The molecule has 194 valence electrons. The van der Waals surface area contributed by atoms with Crippen LogP contribution in [0.25, 0.3) is 11.3 Å². The molecule has 2 aromatic rings. The van der Waals surface area contributed by atoms with E-state index < -0.39 is 33.8 Å². The minimum Gasteiger partial charge on any atom is -0.479 e. The molecule has 8 heteroatoms. The summed E-state index contributed by atoms with van der Waals surface area (Å²) in [6.07, 6.45) is 7.88. The third-order valence-corrected chi connectivity index (χ3v) is 9.72. The van der Waals surface area contributed by atoms with Crippen molar-refractivity contribution in [3.8, 4) is 17.1 Å². The van der Waals surface area contributed by atoms with Gasteiger partial charge in [-0.3, -0.25) is 9.78 Å². The molecule has 2 spiro atoms. The summed E-state index contributed by atoms with van der Waals surface area (Å²) in [6.45, 7) is 8.05. The molecule has 4 aliphatic rings. The van der Waals surface area contributed by atoms with Gasteiger partial charge in [0.25, 0.3) is 0 Å². The van der Waals surface area contributed by atoms with Crippen molar-refractivity contribution >= 4 is 5.97 Å². The first kappa shape index (κ1) is 24.1. The number of pyridine rings is 1. The quantitative estimate of drug-likeness (QED) is 0.466. The van der Waals surface area contributed by atoms with Gasteiger partial charge in [0, 0.05) is 41.3 Å². The number of fused-ring (bicyclic) bond motifs is 4. The van der Waals surface area contributed by atoms with Gasteiger partial charge in [-0.25, -0.2) is 4.79 Å². The molecular formula is C29H31NO7. The summed E-state index contributed by atoms with van der Waals surface area (Å²) in [5.74, 6) is 0.0769. The second kappa shape index (κ2) is 7.88. The van der Waals surface area contributed by atoms with Gasteiger partial charge in [0.1, 0.15) is 29.8 Å². The summed E-state index contributed by atoms with van der Waals surface area (Å²) in [4.78, 5) is 29.4. The van der Waals surface area contributed by atoms with Crippen molar-refractivity contribution in [2.75, 3.05) is 6.61 Å². The summed E-state index contributed by atoms with van der Waals surface area (Å²) in [6, 6.07) is 5.17. The number of ether oxygens (including phenoxy) is 2. The summed E-state index contributed by atoms with van der Waals surface area (Å²) in [5, 5.41) is 23.8. The average molecular weight is 506 g/mol. The van der Waals surface area contributed by atoms with Crippen LogP contribution in [0.15, 0.2) is 64.1 Å². The topological polar surface area (TPSA) is 119 Å². The van der Waals surface area contributed by atoms with Gasteiger partial charge in [0.15, 0.2) is 5.60 Å². The van der Waals surface area contributed by atoms with Crippen LogP contribution in [0.1, 0.15) is 57.6 Å². The van der Waals surface area contributed by atoms with Crippen LogP contribution in [0.4, 0.5) is 0 Å². The van der Waals surface area contributed by atoms with Crippen molar-refractivity contribution < 1.29 is 28.9 Å². The van der Waals surface area contributed by atoms with Gasteiger partial charge in [0.05, 0.1) is 5.60 Å². The van der Waals surface area contributed by atoms with Crippen LogP contribution in [0.2, 0.25) is 0 Å². The maximum Gasteiger partial charge on any atom is 0.346 e. The lowest BCUT2D eigenvalue weighted by molar-refractivity contribution is -0.246. The van der Waals surface area contributed by atoms with Crippen molar-refractivity contribution in [3.05, 3.63) is 70.9 Å². The van der Waals surface area contributed by atoms with E-state index in [2.05, 4.69) is 18.5 Å². The number of carbonyl (C=O) groups excluding carboxylic acids is 1. The normalized spacial score (nSPS) is 38.1. The summed E-state index contributed by atoms with van der Waals surface area (Å²) in [5.41, 5.74) is -3.32. The minimum absolute atomic E-state index is 0.0652. The summed E-state index contributed by atoms with van der Waals surface area (Å²) in [7, 11) is 0. The second-order valence-corrected chi connectivity index (χ2v) is 11.3. The van der Waals surface area contributed by atoms with Crippen LogP contribution in [-0.2, 0) is 9.53 Å². The molecule has 1 saturated heterocycles. The van der Waals surface area contributed by atoms with Gasteiger partial charge < -0.3 is 24.1 Å². The Kier molecular flexibility index (Phi) is 5.14. The first-order valence-electron chi connectivity index (χ1n) is 12.8. The monoisotopic (exact) mass is 505 g/mol. The molecule has 0 bridgehead atoms. The Bertz CT molecular complexity index is 1370. The van der Waals surface area contributed by atoms with Crippen LogP contribution in [0, 0.1) is 16.7 Å². The lowest BCUT2D eigenvalue weighted by atomic mass is 9.41. The van der Waals surface area contributed by atoms with Crippen molar-refractivity contribution in [1.29, 1.82) is 0 Å². The molecule has 6 atom stereocenters. The number of carbonyl (C=O) groups is 1. The first-order chi connectivity index (χ1) is 17.6. The molecule has 2 aromatic heterocycles. The van der Waals surface area contributed by atoms with E-state index in [1.54, 1.807) is 30.6 Å². The molecule has 0 amide bonds. The molecular weight excluding hydrogens is 474 g/mol. The molecule has 4 heterocycles. The van der Waals surface area contributed by atoms with Crippen LogP contribution in [0.3, 0.4) is 0 Å². The lowest BCUT2D eigenvalue weighted by Crippen LogP contribution is -2.70. The van der Waals surface area contributed by atoms with Crippen molar-refractivity contribution in [2.24, 2.45) is 16.7 Å². The highest BCUT2D eigenvalue weighted by Gasteiger charge is 2.72. The van der Waals surface area contributed by atoms with E-state index in [-0.39, 0.29) is 36.2 Å². The number of hydrogen-bond donors (Lipinski definition) is 2. The summed E-state index contributed by atoms with van der Waals surface area (Å²) >= 11 is 0. The van der Waals surface area contributed by atoms with Gasteiger partial charge >= 0.3 is 11.6 Å². The van der Waals surface area contributed by atoms with Crippen molar-refractivity contribution in [1.82, 2.24) is 4.98 Å². The molecule has 0 aromatic carbocycles. The Labute approximate surface area is 214 Å². The van der Waals surface area contributed by atoms with Crippen LogP contribution in [-0.4, -0.2) is 39.0 Å². The van der Waals surface area contributed by atoms with E-state index >= 15 is 0 Å². The first-order valence-corrected chi connectivity index (χ1v) is 12.8. The highest BCUT2D eigenvalue weighted by molar-refractivity contribution is 5.70. The molecule has 1 saturated carbocycles. The predicted octanol–water partition coefficient (Wildman–Crippen LogP) is 3.87. The molecule has 2 fully saturated rings. The minimum atomic E-state index is -1.27. The van der Waals surface area contributed by atoms with Gasteiger partial charge in [-0.2, -0.15) is 0 Å². The fourth-order valence-electron chi connectivity index (χ4n) is 7.67. The summed E-state index contributed by atoms with van der Waals surface area (Å²) < 4.78 is 17.8. The molecule has 2 aliphatic heterocycles. The molecule has 2 aliphatic carbocycles. The van der Waals surface area contributed by atoms with Crippen LogP contribution >= 0.6 is 0 Å². The van der Waals surface area contributed by atoms with Gasteiger partial charge in [-0.15, -0.1) is 0 Å². The number of cyclic esters (lactones) is 1. The molecule has 2 N–H and O–H groups in total. The van der Waals surface area contributed by atoms with E-state index in [1.165, 1.54) is 0 Å². The van der Waals surface area contributed by atoms with Crippen LogP contribution in [0.5, 0.6) is 5.75 Å². The molecule has 6 rings (SSSR count). The number of rotatable bonds is 2. The Morgan fingerprint density at radius 3 is 2.73 bits per heavy atom. The Morgan fingerprint density at radius 1 is 1.24 bits per heavy atom. The fraction of sp³-hybridized carbons (Fsp3) is 0.483. The highest BCUT2D eigenvalue weighted by atomic mass is 16.5. The number of allylic oxidation sites excluding steroid dienone is 1. The highest BCUT2D eigenvalue weighted by Crippen LogP contribution is 2.69. The number of aliphatic hydroxyl groups is 2. The van der Waals surface area contributed by atoms with Gasteiger partial charge in [-0.1, -0.05) is 19.6 Å². The van der Waals surface area contributed by atoms with E-state index in [0.717, 1.165) is 0 Å². The van der Waals surface area contributed by atoms with Gasteiger partial charge in [-0.05, 0) is 62.3 Å². The number of hydrogen-bond acceptors (Lipinski definition) is 8. The molecule has 37 heavy (non-hydrogen) atoms. The molecule has 8 nitrogen and oxygen atoms in total. The molecule has 0 unspecified atom stereocenters. The van der Waals surface area contributed by atoms with Gasteiger partial charge in [0.2, 0.25) is 0 Å². The zero-order valence-electron chi connectivity index (χ0n) is 21.0. The molecule has 0 radical (unpaired) electrons. The smallest absolute Gasteiger partial charge is 0.346 e. The standard InChI is InChI=1S/C29H31NO7/c1-17(2)28(34)12-11-26(3)21(27(28)10-8-22(31)35-16-27)7-4-9-29(26)24(32)23-20(37-29)14-19(36-25(23)33)18-6-5-13-30-15-18/h4-6,9,13-15,21,24,32,34H,1,7-8,10-12,16H2,2-3H3/t21-,24-,26+,27-,28+,29+/m0/s1. The third kappa shape index (κ3) is 3.00. The Hall–Kier alpha value is -3.23. The lowest BCUT2D eigenvalue weighted by Gasteiger charge is -2.66. The predicted molar refractivity (Wildman–Crippen MR) is 134 cm³/mol. The maximum absolute atomic E-state index is 13.2. The SMILES string of the molecule is C=C(C)[C@]1(O)CC[C@]2(C)[C@H](CC=C[C@]23Oc2cc(-c4cccnc4)oc(=O)c2[C@@H]3O)[C@@]12CCC(=O)OC2. The maximum atomic E-state index is 13.2. The van der Waals surface area contributed by atoms with Crippen molar-refractivity contribution in [3.63, 3.8) is 0 Å². The zero-order valence-corrected chi connectivity index (χ0v) is 21.0. The van der Waals surface area contributed by atoms with E-state index in [4.69, 9.17) is 13.9 Å². The second-order valence-electron chi connectivity index (χ2n) is 11.3. The fourth-order valence-corrected chi connectivity index (χ4v) is 7.67. The van der Waals surface area contributed by atoms with E-state index in [1.807, 2.05) is 19.1 Å². The van der Waals surface area contributed by atoms with E-state index in [0.29, 0.717) is 42.6 Å². The average Bonchev–Trinajstić information content (AvgIpc) is 3.17. The van der Waals surface area contributed by atoms with E-state index in [9.17, 15) is 19.8 Å². The number of aromatic nitrogens is 1. The number of esters is 1. The zero-order chi connectivity index (χ0) is 26.2. The Balaban J connectivity index is 1.48.